The largest absolute Gasteiger partial charge is 0.466 e. The zero-order chi connectivity index (χ0) is 13.9. The molecule has 1 amide bonds. The maximum atomic E-state index is 11.7. The van der Waals surface area contributed by atoms with E-state index in [-0.39, 0.29) is 17.5 Å². The first kappa shape index (κ1) is 14.8. The molecule has 4 nitrogen and oxygen atoms in total. The van der Waals surface area contributed by atoms with Crippen LogP contribution in [0.5, 0.6) is 0 Å². The zero-order valence-corrected chi connectivity index (χ0v) is 12.2. The summed E-state index contributed by atoms with van der Waals surface area (Å²) in [6, 6.07) is 2.11. The molecule has 1 unspecified atom stereocenters. The Morgan fingerprint density at radius 3 is 2.44 bits per heavy atom. The zero-order valence-electron chi connectivity index (χ0n) is 12.2. The van der Waals surface area contributed by atoms with Crippen molar-refractivity contribution in [2.75, 3.05) is 6.54 Å². The van der Waals surface area contributed by atoms with Crippen molar-refractivity contribution < 1.29 is 9.21 Å². The van der Waals surface area contributed by atoms with Crippen molar-refractivity contribution in [2.45, 2.75) is 53.1 Å². The summed E-state index contributed by atoms with van der Waals surface area (Å²) in [5.41, 5.74) is 0.917. The van der Waals surface area contributed by atoms with Crippen molar-refractivity contribution in [1.82, 2.24) is 10.6 Å². The molecule has 0 fully saturated rings. The molecule has 0 spiro atoms. The van der Waals surface area contributed by atoms with E-state index in [4.69, 9.17) is 4.42 Å². The number of hydrogen-bond donors (Lipinski definition) is 2. The Kier molecular flexibility index (Phi) is 4.57. The number of carbonyl (C=O) groups excluding carboxylic acids is 1. The molecule has 2 N–H and O–H groups in total. The Morgan fingerprint density at radius 1 is 1.39 bits per heavy atom. The van der Waals surface area contributed by atoms with Gasteiger partial charge in [-0.05, 0) is 47.6 Å². The van der Waals surface area contributed by atoms with Gasteiger partial charge in [0.2, 0.25) is 5.91 Å². The molecule has 1 aromatic rings. The molecule has 0 aliphatic carbocycles. The summed E-state index contributed by atoms with van der Waals surface area (Å²) >= 11 is 0. The van der Waals surface area contributed by atoms with Crippen LogP contribution < -0.4 is 10.6 Å². The summed E-state index contributed by atoms with van der Waals surface area (Å²) in [5.74, 6) is 1.81. The van der Waals surface area contributed by atoms with Gasteiger partial charge < -0.3 is 15.1 Å². The minimum atomic E-state index is -0.190. The summed E-state index contributed by atoms with van der Waals surface area (Å²) in [6.45, 7) is 12.1. The highest BCUT2D eigenvalue weighted by Crippen LogP contribution is 2.20. The fraction of sp³-hybridized carbons (Fsp3) is 0.643. The smallest absolute Gasteiger partial charge is 0.234 e. The molecule has 0 aliphatic rings. The SMILES string of the molecule is Cc1cc(C(C)NCC(=O)NC(C)(C)C)c(C)o1. The quantitative estimate of drug-likeness (QED) is 0.865. The highest BCUT2D eigenvalue weighted by atomic mass is 16.3. The standard InChI is InChI=1S/C14H24N2O2/c1-9-7-12(11(3)18-9)10(2)15-8-13(17)16-14(4,5)6/h7,10,15H,8H2,1-6H3,(H,16,17). The van der Waals surface area contributed by atoms with Crippen LogP contribution in [-0.4, -0.2) is 18.0 Å². The molecular weight excluding hydrogens is 228 g/mol. The lowest BCUT2D eigenvalue weighted by atomic mass is 10.1. The third kappa shape index (κ3) is 4.53. The van der Waals surface area contributed by atoms with E-state index >= 15 is 0 Å². The van der Waals surface area contributed by atoms with Crippen molar-refractivity contribution in [3.05, 3.63) is 23.2 Å². The number of hydrogen-bond acceptors (Lipinski definition) is 3. The topological polar surface area (TPSA) is 54.3 Å². The molecule has 4 heteroatoms. The molecule has 102 valence electrons. The molecule has 0 radical (unpaired) electrons. The molecule has 1 heterocycles. The molecule has 1 aromatic heterocycles. The summed E-state index contributed by atoms with van der Waals surface area (Å²) in [5, 5.41) is 6.12. The Morgan fingerprint density at radius 2 is 2.00 bits per heavy atom. The lowest BCUT2D eigenvalue weighted by molar-refractivity contribution is -0.121. The second-order valence-corrected chi connectivity index (χ2v) is 5.77. The summed E-state index contributed by atoms with van der Waals surface area (Å²) in [7, 11) is 0. The lowest BCUT2D eigenvalue weighted by Gasteiger charge is -2.21. The van der Waals surface area contributed by atoms with E-state index in [1.807, 2.05) is 47.6 Å². The van der Waals surface area contributed by atoms with Crippen LogP contribution >= 0.6 is 0 Å². The summed E-state index contributed by atoms with van der Waals surface area (Å²) < 4.78 is 5.48. The molecule has 1 atom stereocenters. The van der Waals surface area contributed by atoms with Crippen molar-refractivity contribution in [3.8, 4) is 0 Å². The van der Waals surface area contributed by atoms with Gasteiger partial charge in [-0.2, -0.15) is 0 Å². The predicted molar refractivity (Wildman–Crippen MR) is 72.5 cm³/mol. The summed E-state index contributed by atoms with van der Waals surface area (Å²) in [6.07, 6.45) is 0. The van der Waals surface area contributed by atoms with E-state index in [1.165, 1.54) is 0 Å². The van der Waals surface area contributed by atoms with Gasteiger partial charge in [-0.15, -0.1) is 0 Å². The van der Waals surface area contributed by atoms with Gasteiger partial charge in [0.05, 0.1) is 6.54 Å². The number of nitrogens with one attached hydrogen (secondary N) is 2. The van der Waals surface area contributed by atoms with Crippen LogP contribution in [-0.2, 0) is 4.79 Å². The van der Waals surface area contributed by atoms with Gasteiger partial charge >= 0.3 is 0 Å². The summed E-state index contributed by atoms with van der Waals surface area (Å²) in [4.78, 5) is 11.7. The Labute approximate surface area is 109 Å². The van der Waals surface area contributed by atoms with E-state index in [9.17, 15) is 4.79 Å². The molecular formula is C14H24N2O2. The van der Waals surface area contributed by atoms with Crippen molar-refractivity contribution in [3.63, 3.8) is 0 Å². The van der Waals surface area contributed by atoms with Crippen LogP contribution in [0, 0.1) is 13.8 Å². The van der Waals surface area contributed by atoms with Gasteiger partial charge in [-0.25, -0.2) is 0 Å². The van der Waals surface area contributed by atoms with Crippen LogP contribution in [0.25, 0.3) is 0 Å². The number of carbonyl (C=O) groups is 1. The first-order valence-corrected chi connectivity index (χ1v) is 6.30. The van der Waals surface area contributed by atoms with Crippen LogP contribution in [0.15, 0.2) is 10.5 Å². The number of furan rings is 1. The molecule has 0 aromatic carbocycles. The minimum absolute atomic E-state index is 0.00669. The molecule has 0 bridgehead atoms. The maximum absolute atomic E-state index is 11.7. The van der Waals surface area contributed by atoms with Crippen molar-refractivity contribution in [1.29, 1.82) is 0 Å². The number of rotatable bonds is 4. The van der Waals surface area contributed by atoms with E-state index < -0.39 is 0 Å². The van der Waals surface area contributed by atoms with E-state index in [1.54, 1.807) is 0 Å². The van der Waals surface area contributed by atoms with E-state index in [0.29, 0.717) is 6.54 Å². The van der Waals surface area contributed by atoms with Gasteiger partial charge in [0, 0.05) is 17.1 Å². The fourth-order valence-corrected chi connectivity index (χ4v) is 1.90. The highest BCUT2D eigenvalue weighted by Gasteiger charge is 2.16. The molecule has 0 aliphatic heterocycles. The molecule has 1 rings (SSSR count). The molecule has 0 saturated heterocycles. The third-order valence-corrected chi connectivity index (χ3v) is 2.63. The lowest BCUT2D eigenvalue weighted by Crippen LogP contribution is -2.45. The van der Waals surface area contributed by atoms with Crippen LogP contribution in [0.2, 0.25) is 0 Å². The van der Waals surface area contributed by atoms with Gasteiger partial charge in [-0.1, -0.05) is 0 Å². The second-order valence-electron chi connectivity index (χ2n) is 5.77. The van der Waals surface area contributed by atoms with Crippen molar-refractivity contribution >= 4 is 5.91 Å². The average molecular weight is 252 g/mol. The third-order valence-electron chi connectivity index (χ3n) is 2.63. The van der Waals surface area contributed by atoms with Gasteiger partial charge in [0.15, 0.2) is 0 Å². The predicted octanol–water partition coefficient (Wildman–Crippen LogP) is 2.46. The van der Waals surface area contributed by atoms with E-state index in [0.717, 1.165) is 17.1 Å². The minimum Gasteiger partial charge on any atom is -0.466 e. The number of amides is 1. The van der Waals surface area contributed by atoms with Crippen molar-refractivity contribution in [2.24, 2.45) is 0 Å². The van der Waals surface area contributed by atoms with Crippen LogP contribution in [0.3, 0.4) is 0 Å². The highest BCUT2D eigenvalue weighted by molar-refractivity contribution is 5.78. The van der Waals surface area contributed by atoms with E-state index in [2.05, 4.69) is 10.6 Å². The first-order chi connectivity index (χ1) is 8.19. The monoisotopic (exact) mass is 252 g/mol. The fourth-order valence-electron chi connectivity index (χ4n) is 1.90. The van der Waals surface area contributed by atoms with Crippen LogP contribution in [0.4, 0.5) is 0 Å². The number of aryl methyl sites for hydroxylation is 2. The Bertz CT molecular complexity index is 416. The Balaban J connectivity index is 2.49. The van der Waals surface area contributed by atoms with Gasteiger partial charge in [0.1, 0.15) is 11.5 Å². The molecule has 0 saturated carbocycles. The molecule has 18 heavy (non-hydrogen) atoms. The maximum Gasteiger partial charge on any atom is 0.234 e. The normalized spacial score (nSPS) is 13.4. The van der Waals surface area contributed by atoms with Gasteiger partial charge in [0.25, 0.3) is 0 Å². The second kappa shape index (κ2) is 5.57. The average Bonchev–Trinajstić information content (AvgIpc) is 2.52. The Hall–Kier alpha value is -1.29. The van der Waals surface area contributed by atoms with Gasteiger partial charge in [-0.3, -0.25) is 4.79 Å². The first-order valence-electron chi connectivity index (χ1n) is 6.30. The van der Waals surface area contributed by atoms with Crippen LogP contribution in [0.1, 0.15) is 50.8 Å².